The van der Waals surface area contributed by atoms with Crippen LogP contribution in [-0.4, -0.2) is 31.8 Å². The number of quaternary nitrogens is 1. The summed E-state index contributed by atoms with van der Waals surface area (Å²) in [6, 6.07) is 4.42. The third kappa shape index (κ3) is 2.30. The van der Waals surface area contributed by atoms with Crippen LogP contribution >= 0.6 is 11.8 Å². The van der Waals surface area contributed by atoms with Crippen LogP contribution in [0.5, 0.6) is 0 Å². The summed E-state index contributed by atoms with van der Waals surface area (Å²) in [5, 5.41) is 22.4. The summed E-state index contributed by atoms with van der Waals surface area (Å²) >= 11 is 1.48. The number of hydrogen-bond acceptors (Lipinski definition) is 4. The number of carbonyl (C=O) groups excluding carboxylic acids is 1. The first-order valence-corrected chi connectivity index (χ1v) is 7.87. The largest absolute Gasteiger partial charge is 0.337 e. The zero-order valence-corrected chi connectivity index (χ0v) is 12.6. The normalized spacial score (nSPS) is 33.5. The van der Waals surface area contributed by atoms with Crippen molar-refractivity contribution in [2.24, 2.45) is 11.3 Å². The van der Waals surface area contributed by atoms with Gasteiger partial charge in [-0.15, -0.1) is 11.8 Å². The number of amides is 1. The molecule has 2 aliphatic heterocycles. The molecule has 2 heterocycles. The van der Waals surface area contributed by atoms with E-state index in [1.54, 1.807) is 0 Å². The van der Waals surface area contributed by atoms with Crippen molar-refractivity contribution in [1.82, 2.24) is 5.32 Å². The highest BCUT2D eigenvalue weighted by Crippen LogP contribution is 2.47. The van der Waals surface area contributed by atoms with E-state index in [2.05, 4.69) is 24.5 Å². The van der Waals surface area contributed by atoms with Gasteiger partial charge in [0.25, 0.3) is 0 Å². The summed E-state index contributed by atoms with van der Waals surface area (Å²) in [6.07, 6.45) is 1.45. The Labute approximate surface area is 123 Å². The maximum Gasteiger partial charge on any atom is 0.243 e. The van der Waals surface area contributed by atoms with Gasteiger partial charge < -0.3 is 10.2 Å². The molecule has 0 aromatic heterocycles. The molecule has 2 N–H and O–H groups in total. The van der Waals surface area contributed by atoms with E-state index in [-0.39, 0.29) is 5.91 Å². The van der Waals surface area contributed by atoms with Crippen LogP contribution in [0.4, 0.5) is 0 Å². The maximum absolute atomic E-state index is 12.2. The number of likely N-dealkylation sites (tertiary alicyclic amines) is 1. The van der Waals surface area contributed by atoms with Gasteiger partial charge in [-0.3, -0.25) is 4.79 Å². The van der Waals surface area contributed by atoms with Gasteiger partial charge in [-0.2, -0.15) is 10.5 Å². The minimum absolute atomic E-state index is 0.248. The van der Waals surface area contributed by atoms with Crippen LogP contribution < -0.4 is 10.2 Å². The lowest BCUT2D eigenvalue weighted by Gasteiger charge is -2.43. The molecule has 20 heavy (non-hydrogen) atoms. The first kappa shape index (κ1) is 14.9. The van der Waals surface area contributed by atoms with Crippen molar-refractivity contribution < 1.29 is 9.69 Å². The Bertz CT molecular complexity index is 520. The number of allylic oxidation sites excluding steroid dienone is 1. The van der Waals surface area contributed by atoms with Gasteiger partial charge in [0.2, 0.25) is 5.91 Å². The molecule has 0 aromatic carbocycles. The lowest BCUT2D eigenvalue weighted by molar-refractivity contribution is -0.887. The van der Waals surface area contributed by atoms with Crippen LogP contribution in [0.2, 0.25) is 0 Å². The molecule has 1 atom stereocenters. The molecule has 6 heteroatoms. The number of nitriles is 2. The summed E-state index contributed by atoms with van der Waals surface area (Å²) in [7, 11) is 2.11. The molecule has 1 unspecified atom stereocenters. The first-order chi connectivity index (χ1) is 9.58. The number of nitrogens with one attached hydrogen (secondary N) is 2. The smallest absolute Gasteiger partial charge is 0.243 e. The van der Waals surface area contributed by atoms with Gasteiger partial charge in [0, 0.05) is 18.3 Å². The monoisotopic (exact) mass is 291 g/mol. The lowest BCUT2D eigenvalue weighted by atomic mass is 9.63. The summed E-state index contributed by atoms with van der Waals surface area (Å²) in [5.41, 5.74) is 0.0334. The molecule has 1 fully saturated rings. The number of nitrogens with zero attached hydrogens (tertiary/aromatic N) is 2. The third-order valence-corrected chi connectivity index (χ3v) is 5.19. The van der Waals surface area contributed by atoms with Crippen LogP contribution in [0, 0.1) is 34.0 Å². The van der Waals surface area contributed by atoms with E-state index in [0.29, 0.717) is 10.6 Å². The molecule has 106 valence electrons. The zero-order valence-electron chi connectivity index (χ0n) is 11.8. The topological polar surface area (TPSA) is 81.1 Å². The minimum atomic E-state index is -0.744. The van der Waals surface area contributed by atoms with Gasteiger partial charge in [0.1, 0.15) is 5.92 Å². The van der Waals surface area contributed by atoms with Gasteiger partial charge in [-0.1, -0.05) is 6.92 Å². The van der Waals surface area contributed by atoms with Gasteiger partial charge in [-0.05, 0) is 5.75 Å². The predicted octanol–water partition coefficient (Wildman–Crippen LogP) is 0.0392. The van der Waals surface area contributed by atoms with Crippen molar-refractivity contribution in [1.29, 1.82) is 10.5 Å². The van der Waals surface area contributed by atoms with Crippen molar-refractivity contribution in [2.75, 3.05) is 25.9 Å². The van der Waals surface area contributed by atoms with Gasteiger partial charge in [0.15, 0.2) is 0 Å². The number of rotatable bonds is 2. The Morgan fingerprint density at radius 3 is 2.60 bits per heavy atom. The van der Waals surface area contributed by atoms with Crippen molar-refractivity contribution in [3.63, 3.8) is 0 Å². The van der Waals surface area contributed by atoms with E-state index >= 15 is 0 Å². The standard InChI is InChI=1S/C14H18N4OS/c1-3-20-13-11(9-16)14(4-6-18(2)7-5-14)10(8-15)12(19)17-13/h10H,3-7H2,1-2H3,(H,17,19)/p+1. The van der Waals surface area contributed by atoms with Crippen LogP contribution in [0.3, 0.4) is 0 Å². The molecule has 0 aliphatic carbocycles. The molecule has 2 aliphatic rings. The molecule has 0 aromatic rings. The summed E-state index contributed by atoms with van der Waals surface area (Å²) in [5.74, 6) is -0.201. The molecular formula is C14H19N4OS+. The summed E-state index contributed by atoms with van der Waals surface area (Å²) in [4.78, 5) is 13.6. The fourth-order valence-electron chi connectivity index (χ4n) is 3.13. The molecule has 1 amide bonds. The Balaban J connectivity index is 2.51. The van der Waals surface area contributed by atoms with Crippen molar-refractivity contribution >= 4 is 17.7 Å². The third-order valence-electron chi connectivity index (χ3n) is 4.30. The Hall–Kier alpha value is -1.50. The molecule has 0 radical (unpaired) electrons. The zero-order chi connectivity index (χ0) is 14.8. The Morgan fingerprint density at radius 1 is 1.45 bits per heavy atom. The second-order valence-corrected chi connectivity index (χ2v) is 6.69. The molecule has 1 saturated heterocycles. The number of thioether (sulfide) groups is 1. The summed E-state index contributed by atoms with van der Waals surface area (Å²) in [6.45, 7) is 3.77. The average molecular weight is 291 g/mol. The van der Waals surface area contributed by atoms with E-state index in [4.69, 9.17) is 0 Å². The molecule has 0 saturated carbocycles. The van der Waals surface area contributed by atoms with Crippen LogP contribution in [0.1, 0.15) is 19.8 Å². The number of carbonyl (C=O) groups is 1. The minimum Gasteiger partial charge on any atom is -0.337 e. The first-order valence-electron chi connectivity index (χ1n) is 6.88. The van der Waals surface area contributed by atoms with Gasteiger partial charge in [-0.25, -0.2) is 0 Å². The number of hydrogen-bond donors (Lipinski definition) is 2. The van der Waals surface area contributed by atoms with Crippen LogP contribution in [0.25, 0.3) is 0 Å². The highest BCUT2D eigenvalue weighted by atomic mass is 32.2. The quantitative estimate of drug-likeness (QED) is 0.752. The van der Waals surface area contributed by atoms with Crippen LogP contribution in [-0.2, 0) is 4.79 Å². The molecule has 0 bridgehead atoms. The van der Waals surface area contributed by atoms with Crippen molar-refractivity contribution in [3.8, 4) is 12.1 Å². The molecule has 2 rings (SSSR count). The lowest BCUT2D eigenvalue weighted by Crippen LogP contribution is -3.10. The van der Waals surface area contributed by atoms with Crippen molar-refractivity contribution in [2.45, 2.75) is 19.8 Å². The fraction of sp³-hybridized carbons (Fsp3) is 0.643. The van der Waals surface area contributed by atoms with E-state index < -0.39 is 11.3 Å². The fourth-order valence-corrected chi connectivity index (χ4v) is 3.98. The van der Waals surface area contributed by atoms with E-state index in [1.165, 1.54) is 16.7 Å². The Kier molecular flexibility index (Phi) is 4.37. The van der Waals surface area contributed by atoms with E-state index in [0.717, 1.165) is 31.7 Å². The average Bonchev–Trinajstić information content (AvgIpc) is 2.43. The second kappa shape index (κ2) is 5.87. The highest BCUT2D eigenvalue weighted by molar-refractivity contribution is 8.03. The number of piperidine rings is 1. The maximum atomic E-state index is 12.2. The second-order valence-electron chi connectivity index (χ2n) is 5.41. The molecule has 5 nitrogen and oxygen atoms in total. The highest BCUT2D eigenvalue weighted by Gasteiger charge is 2.53. The van der Waals surface area contributed by atoms with Gasteiger partial charge >= 0.3 is 0 Å². The van der Waals surface area contributed by atoms with E-state index in [1.807, 2.05) is 6.92 Å². The summed E-state index contributed by atoms with van der Waals surface area (Å²) < 4.78 is 0. The predicted molar refractivity (Wildman–Crippen MR) is 76.3 cm³/mol. The Morgan fingerprint density at radius 2 is 2.10 bits per heavy atom. The van der Waals surface area contributed by atoms with E-state index in [9.17, 15) is 15.3 Å². The molecular weight excluding hydrogens is 272 g/mol. The van der Waals surface area contributed by atoms with Crippen molar-refractivity contribution in [3.05, 3.63) is 10.6 Å². The van der Waals surface area contributed by atoms with Crippen LogP contribution in [0.15, 0.2) is 10.6 Å². The SMILES string of the molecule is CCSC1=C(C#N)C2(CC[NH+](C)CC2)C(C#N)C(=O)N1. The molecule has 1 spiro atoms. The van der Waals surface area contributed by atoms with Gasteiger partial charge in [0.05, 0.1) is 42.9 Å².